The molecule has 5 heterocycles. The number of hydrogen-bond donors (Lipinski definition) is 1. The molecule has 1 aromatic carbocycles. The minimum Gasteiger partial charge on any atom is -0.392 e. The van der Waals surface area contributed by atoms with E-state index in [-0.39, 0.29) is 46.4 Å². The van der Waals surface area contributed by atoms with E-state index in [0.717, 1.165) is 32.2 Å². The van der Waals surface area contributed by atoms with Crippen LogP contribution < -0.4 is 5.56 Å². The number of benzene rings is 1. The van der Waals surface area contributed by atoms with E-state index in [4.69, 9.17) is 9.26 Å². The lowest BCUT2D eigenvalue weighted by atomic mass is 10.1. The van der Waals surface area contributed by atoms with Crippen LogP contribution in [0.2, 0.25) is 0 Å². The Kier molecular flexibility index (Phi) is 6.02. The van der Waals surface area contributed by atoms with Gasteiger partial charge < -0.3 is 18.9 Å². The zero-order valence-electron chi connectivity index (χ0n) is 21.2. The minimum absolute atomic E-state index is 0.153. The Morgan fingerprint density at radius 2 is 2.11 bits per heavy atom. The summed E-state index contributed by atoms with van der Waals surface area (Å²) in [6.07, 6.45) is 3.88. The number of β-amino-alcohol motifs (C(OH)–C–C–N with tert-alkyl or cyclic N) is 1. The first-order chi connectivity index (χ1) is 18.3. The number of aromatic nitrogens is 5. The molecule has 0 saturated carbocycles. The van der Waals surface area contributed by atoms with E-state index < -0.39 is 17.5 Å². The van der Waals surface area contributed by atoms with Crippen LogP contribution in [0.5, 0.6) is 0 Å². The van der Waals surface area contributed by atoms with Gasteiger partial charge in [0.1, 0.15) is 41.1 Å². The third-order valence-electron chi connectivity index (χ3n) is 7.48. The van der Waals surface area contributed by atoms with Crippen LogP contribution in [0.1, 0.15) is 57.1 Å². The first-order valence-corrected chi connectivity index (χ1v) is 12.8. The van der Waals surface area contributed by atoms with Crippen molar-refractivity contribution in [3.8, 4) is 17.6 Å². The SMILES string of the molecule is CC1(C)CCC(c2nc(-c3ncn4c3c(=O)n(CCN3CCCC(O)C3)c3c(C#N)c(F)ccc34)no2)O1. The monoisotopic (exact) mass is 521 g/mol. The Morgan fingerprint density at radius 3 is 2.84 bits per heavy atom. The summed E-state index contributed by atoms with van der Waals surface area (Å²) in [5.74, 6) is -0.227. The van der Waals surface area contributed by atoms with Gasteiger partial charge in [0.2, 0.25) is 5.82 Å². The summed E-state index contributed by atoms with van der Waals surface area (Å²) >= 11 is 0. The smallest absolute Gasteiger partial charge is 0.277 e. The predicted molar refractivity (Wildman–Crippen MR) is 134 cm³/mol. The standard InChI is InChI=1S/C26H28FN7O4/c1-26(2)8-7-19(37-26)24-30-23(31-38-24)20-22-25(36)33(11-10-32-9-3-4-15(35)13-32)21-16(12-28)17(27)5-6-18(21)34(22)14-29-20/h5-6,14-15,19,35H,3-4,7-11,13H2,1-2H3. The Morgan fingerprint density at radius 1 is 1.26 bits per heavy atom. The number of likely N-dealkylation sites (tertiary alicyclic amines) is 1. The second kappa shape index (κ2) is 9.27. The average molecular weight is 522 g/mol. The normalized spacial score (nSPS) is 21.9. The molecule has 2 aliphatic heterocycles. The molecule has 0 amide bonds. The molecule has 2 saturated heterocycles. The van der Waals surface area contributed by atoms with E-state index in [1.807, 2.05) is 19.9 Å². The lowest BCUT2D eigenvalue weighted by Gasteiger charge is -2.30. The number of aliphatic hydroxyl groups excluding tert-OH is 1. The summed E-state index contributed by atoms with van der Waals surface area (Å²) in [7, 11) is 0. The number of piperidine rings is 1. The molecule has 4 aromatic rings. The highest BCUT2D eigenvalue weighted by atomic mass is 19.1. The Bertz CT molecular complexity index is 1630. The molecule has 0 spiro atoms. The van der Waals surface area contributed by atoms with Gasteiger partial charge in [0.25, 0.3) is 11.4 Å². The van der Waals surface area contributed by atoms with Gasteiger partial charge >= 0.3 is 0 Å². The molecule has 11 nitrogen and oxygen atoms in total. The van der Waals surface area contributed by atoms with E-state index in [9.17, 15) is 19.6 Å². The highest BCUT2D eigenvalue weighted by Gasteiger charge is 2.36. The number of halogens is 1. The Labute approximate surface area is 217 Å². The Hall–Kier alpha value is -3.66. The van der Waals surface area contributed by atoms with Gasteiger partial charge in [0.15, 0.2) is 0 Å². The number of rotatable bonds is 5. The minimum atomic E-state index is -0.705. The fraction of sp³-hybridized carbons (Fsp3) is 0.500. The molecule has 1 N–H and O–H groups in total. The molecule has 2 aliphatic rings. The third-order valence-corrected chi connectivity index (χ3v) is 7.48. The molecule has 2 atom stereocenters. The lowest BCUT2D eigenvalue weighted by molar-refractivity contribution is -0.0292. The molecule has 0 radical (unpaired) electrons. The highest BCUT2D eigenvalue weighted by molar-refractivity contribution is 5.87. The molecule has 3 aromatic heterocycles. The van der Waals surface area contributed by atoms with Crippen molar-refractivity contribution in [1.29, 1.82) is 5.26 Å². The average Bonchev–Trinajstić information content (AvgIpc) is 3.62. The van der Waals surface area contributed by atoms with Crippen molar-refractivity contribution in [2.75, 3.05) is 19.6 Å². The van der Waals surface area contributed by atoms with Gasteiger partial charge in [-0.1, -0.05) is 5.16 Å². The topological polar surface area (TPSA) is 135 Å². The molecule has 2 unspecified atom stereocenters. The number of aliphatic hydroxyl groups is 1. The fourth-order valence-corrected chi connectivity index (χ4v) is 5.56. The summed E-state index contributed by atoms with van der Waals surface area (Å²) < 4.78 is 29.2. The molecular formula is C26H28FN7O4. The summed E-state index contributed by atoms with van der Waals surface area (Å²) in [6.45, 7) is 5.94. The van der Waals surface area contributed by atoms with E-state index >= 15 is 0 Å². The van der Waals surface area contributed by atoms with Gasteiger partial charge in [0.05, 0.1) is 22.7 Å². The van der Waals surface area contributed by atoms with Crippen LogP contribution in [0.15, 0.2) is 27.8 Å². The first-order valence-electron chi connectivity index (χ1n) is 12.8. The van der Waals surface area contributed by atoms with Crippen LogP contribution >= 0.6 is 0 Å². The lowest BCUT2D eigenvalue weighted by Crippen LogP contribution is -2.41. The summed E-state index contributed by atoms with van der Waals surface area (Å²) in [4.78, 5) is 24.9. The number of ether oxygens (including phenoxy) is 1. The van der Waals surface area contributed by atoms with E-state index in [1.54, 1.807) is 4.40 Å². The van der Waals surface area contributed by atoms with Gasteiger partial charge in [-0.2, -0.15) is 10.2 Å². The molecule has 12 heteroatoms. The van der Waals surface area contributed by atoms with Crippen molar-refractivity contribution >= 4 is 16.6 Å². The van der Waals surface area contributed by atoms with Crippen LogP contribution in [0.4, 0.5) is 4.39 Å². The summed E-state index contributed by atoms with van der Waals surface area (Å²) in [6, 6.07) is 4.66. The number of nitrogens with zero attached hydrogens (tertiary/aromatic N) is 7. The molecule has 2 fully saturated rings. The van der Waals surface area contributed by atoms with Crippen molar-refractivity contribution in [2.45, 2.75) is 63.9 Å². The number of hydrogen-bond acceptors (Lipinski definition) is 9. The zero-order chi connectivity index (χ0) is 26.6. The van der Waals surface area contributed by atoms with E-state index in [1.165, 1.54) is 23.0 Å². The molecule has 38 heavy (non-hydrogen) atoms. The van der Waals surface area contributed by atoms with Gasteiger partial charge in [-0.3, -0.25) is 14.1 Å². The van der Waals surface area contributed by atoms with Crippen LogP contribution in [0.25, 0.3) is 28.1 Å². The maximum atomic E-state index is 14.7. The molecule has 0 aliphatic carbocycles. The molecule has 6 rings (SSSR count). The summed E-state index contributed by atoms with van der Waals surface area (Å²) in [5.41, 5.74) is 0.139. The maximum Gasteiger partial charge on any atom is 0.277 e. The van der Waals surface area contributed by atoms with Crippen molar-refractivity contribution in [3.63, 3.8) is 0 Å². The van der Waals surface area contributed by atoms with Crippen molar-refractivity contribution in [1.82, 2.24) is 29.0 Å². The Balaban J connectivity index is 1.47. The van der Waals surface area contributed by atoms with Gasteiger partial charge in [0, 0.05) is 19.6 Å². The number of nitriles is 1. The van der Waals surface area contributed by atoms with Crippen molar-refractivity contribution in [2.24, 2.45) is 0 Å². The third kappa shape index (κ3) is 4.16. The highest BCUT2D eigenvalue weighted by Crippen LogP contribution is 2.38. The van der Waals surface area contributed by atoms with E-state index in [2.05, 4.69) is 20.0 Å². The van der Waals surface area contributed by atoms with Crippen LogP contribution in [-0.2, 0) is 11.3 Å². The zero-order valence-corrected chi connectivity index (χ0v) is 21.2. The van der Waals surface area contributed by atoms with Gasteiger partial charge in [-0.25, -0.2) is 9.37 Å². The molecule has 198 valence electrons. The van der Waals surface area contributed by atoms with Gasteiger partial charge in [-0.05, 0) is 58.2 Å². The van der Waals surface area contributed by atoms with E-state index in [0.29, 0.717) is 24.5 Å². The molecular weight excluding hydrogens is 493 g/mol. The quantitative estimate of drug-likeness (QED) is 0.421. The second-order valence-electron chi connectivity index (χ2n) is 10.6. The summed E-state index contributed by atoms with van der Waals surface area (Å²) in [5, 5.41) is 23.9. The van der Waals surface area contributed by atoms with Crippen LogP contribution in [-0.4, -0.2) is 65.4 Å². The fourth-order valence-electron chi connectivity index (χ4n) is 5.56. The van der Waals surface area contributed by atoms with Crippen LogP contribution in [0, 0.1) is 17.1 Å². The predicted octanol–water partition coefficient (Wildman–Crippen LogP) is 2.80. The number of imidazole rings is 1. The second-order valence-corrected chi connectivity index (χ2v) is 10.6. The molecule has 0 bridgehead atoms. The number of fused-ring (bicyclic) bond motifs is 3. The van der Waals surface area contributed by atoms with Crippen molar-refractivity contribution < 1.29 is 18.8 Å². The first kappa shape index (κ1) is 24.7. The largest absolute Gasteiger partial charge is 0.392 e. The maximum absolute atomic E-state index is 14.7. The van der Waals surface area contributed by atoms with Crippen LogP contribution in [0.3, 0.4) is 0 Å². The van der Waals surface area contributed by atoms with Gasteiger partial charge in [-0.15, -0.1) is 0 Å². The van der Waals surface area contributed by atoms with Crippen molar-refractivity contribution in [3.05, 3.63) is 46.1 Å².